The van der Waals surface area contributed by atoms with E-state index in [4.69, 9.17) is 0 Å². The third-order valence-corrected chi connectivity index (χ3v) is 11.7. The van der Waals surface area contributed by atoms with Crippen LogP contribution >= 0.6 is 0 Å². The summed E-state index contributed by atoms with van der Waals surface area (Å²) in [6, 6.07) is 0. The number of hydrogen-bond donors (Lipinski definition) is 0. The minimum atomic E-state index is -3.71. The predicted octanol–water partition coefficient (Wildman–Crippen LogP) is 5.27. The van der Waals surface area contributed by atoms with E-state index < -0.39 is 29.0 Å². The molecule has 0 radical (unpaired) electrons. The molecule has 0 N–H and O–H groups in total. The fourth-order valence-electron chi connectivity index (χ4n) is 3.08. The first-order valence-electron chi connectivity index (χ1n) is 10.00. The summed E-state index contributed by atoms with van der Waals surface area (Å²) < 4.78 is 47.9. The second-order valence-corrected chi connectivity index (χ2v) is 13.6. The highest BCUT2D eigenvalue weighted by atomic mass is 32.3. The normalized spacial score (nSPS) is 14.6. The molecule has 0 spiro atoms. The first kappa shape index (κ1) is 24.9. The van der Waals surface area contributed by atoms with Gasteiger partial charge in [0.2, 0.25) is 0 Å². The summed E-state index contributed by atoms with van der Waals surface area (Å²) >= 11 is 0. The average molecular weight is 397 g/mol. The summed E-state index contributed by atoms with van der Waals surface area (Å²) in [7, 11) is -7.35. The quantitative estimate of drug-likeness (QED) is 0.354. The molecule has 0 rings (SSSR count). The van der Waals surface area contributed by atoms with Crippen molar-refractivity contribution in [3.63, 3.8) is 0 Å². The van der Waals surface area contributed by atoms with Gasteiger partial charge >= 0.3 is 0 Å². The Balaban J connectivity index is 4.16. The lowest BCUT2D eigenvalue weighted by atomic mass is 10.1. The van der Waals surface area contributed by atoms with Crippen LogP contribution in [0.2, 0.25) is 0 Å². The summed E-state index contributed by atoms with van der Waals surface area (Å²) in [5.74, 6) is -0.149. The first-order valence-corrected chi connectivity index (χ1v) is 13.2. The Hall–Kier alpha value is -0.100. The van der Waals surface area contributed by atoms with Crippen LogP contribution in [0.5, 0.6) is 0 Å². The average Bonchev–Trinajstić information content (AvgIpc) is 2.55. The number of hydrogen-bond acceptors (Lipinski definition) is 4. The minimum Gasteiger partial charge on any atom is -0.227 e. The molecular weight excluding hydrogens is 356 g/mol. The Morgan fingerprint density at radius 1 is 0.720 bits per heavy atom. The van der Waals surface area contributed by atoms with Crippen LogP contribution in [0.25, 0.3) is 0 Å². The van der Waals surface area contributed by atoms with Crippen LogP contribution < -0.4 is 0 Å². The highest BCUT2D eigenvalue weighted by molar-refractivity contribution is 8.10. The molecule has 0 saturated heterocycles. The van der Waals surface area contributed by atoms with Gasteiger partial charge in [-0.05, 0) is 27.2 Å². The highest BCUT2D eigenvalue weighted by Crippen LogP contribution is 2.30. The molecule has 152 valence electrons. The van der Waals surface area contributed by atoms with Gasteiger partial charge in [-0.1, -0.05) is 78.1 Å². The molecule has 0 aromatic carbocycles. The maximum atomic E-state index is 12.7. The van der Waals surface area contributed by atoms with Crippen LogP contribution in [-0.2, 0) is 19.7 Å². The summed E-state index contributed by atoms with van der Waals surface area (Å²) in [4.78, 5) is 0. The van der Waals surface area contributed by atoms with Crippen LogP contribution in [0, 0.1) is 0 Å². The molecule has 0 bridgehead atoms. The summed E-state index contributed by atoms with van der Waals surface area (Å²) in [6.07, 6.45) is 12.6. The molecule has 4 nitrogen and oxygen atoms in total. The van der Waals surface area contributed by atoms with Crippen molar-refractivity contribution >= 4 is 19.7 Å². The Kier molecular flexibility index (Phi) is 11.5. The zero-order valence-corrected chi connectivity index (χ0v) is 18.6. The van der Waals surface area contributed by atoms with Gasteiger partial charge in [0, 0.05) is 5.75 Å². The van der Waals surface area contributed by atoms with Crippen molar-refractivity contribution in [2.75, 3.05) is 5.75 Å². The van der Waals surface area contributed by atoms with E-state index in [9.17, 15) is 16.8 Å². The van der Waals surface area contributed by atoms with Gasteiger partial charge in [0.1, 0.15) is 0 Å². The lowest BCUT2D eigenvalue weighted by Gasteiger charge is -2.28. The first-order chi connectivity index (χ1) is 11.5. The zero-order chi connectivity index (χ0) is 19.6. The van der Waals surface area contributed by atoms with E-state index in [1.54, 1.807) is 6.92 Å². The molecule has 1 unspecified atom stereocenters. The third-order valence-electron chi connectivity index (χ3n) is 5.31. The molecule has 0 heterocycles. The van der Waals surface area contributed by atoms with Gasteiger partial charge in [0.05, 0.1) is 5.25 Å². The molecule has 0 aromatic heterocycles. The molecule has 0 aromatic rings. The Bertz CT molecular complexity index is 548. The summed E-state index contributed by atoms with van der Waals surface area (Å²) in [5, 5.41) is -0.613. The van der Waals surface area contributed by atoms with Crippen LogP contribution in [0.15, 0.2) is 0 Å². The van der Waals surface area contributed by atoms with E-state index in [-0.39, 0.29) is 5.75 Å². The van der Waals surface area contributed by atoms with E-state index >= 15 is 0 Å². The number of unbranched alkanes of at least 4 members (excludes halogenated alkanes) is 9. The molecule has 0 aliphatic carbocycles. The van der Waals surface area contributed by atoms with Crippen molar-refractivity contribution in [2.45, 2.75) is 115 Å². The fraction of sp³-hybridized carbons (Fsp3) is 1.00. The van der Waals surface area contributed by atoms with E-state index in [0.717, 1.165) is 19.3 Å². The SMILES string of the molecule is CCCCCCCCCCCCC(C)S(=O)(=O)C(C)(C)S(=O)(=O)CC. The molecule has 25 heavy (non-hydrogen) atoms. The van der Waals surface area contributed by atoms with Crippen molar-refractivity contribution in [1.29, 1.82) is 0 Å². The maximum absolute atomic E-state index is 12.7. The minimum absolute atomic E-state index is 0.149. The van der Waals surface area contributed by atoms with E-state index in [1.165, 1.54) is 65.7 Å². The van der Waals surface area contributed by atoms with Crippen molar-refractivity contribution in [1.82, 2.24) is 0 Å². The fourth-order valence-corrected chi connectivity index (χ4v) is 7.49. The van der Waals surface area contributed by atoms with Crippen LogP contribution in [-0.4, -0.2) is 31.9 Å². The van der Waals surface area contributed by atoms with Crippen LogP contribution in [0.3, 0.4) is 0 Å². The van der Waals surface area contributed by atoms with Gasteiger partial charge in [-0.15, -0.1) is 0 Å². The molecule has 0 aliphatic rings. The van der Waals surface area contributed by atoms with Crippen molar-refractivity contribution in [3.8, 4) is 0 Å². The molecular formula is C19H40O4S2. The smallest absolute Gasteiger partial charge is 0.172 e. The highest BCUT2D eigenvalue weighted by Gasteiger charge is 2.47. The van der Waals surface area contributed by atoms with Crippen LogP contribution in [0.4, 0.5) is 0 Å². The van der Waals surface area contributed by atoms with Gasteiger partial charge < -0.3 is 0 Å². The standard InChI is InChI=1S/C19H40O4S2/c1-6-8-9-10-11-12-13-14-15-16-17-18(3)25(22,23)19(4,5)24(20,21)7-2/h18H,6-17H2,1-5H3. The molecule has 0 saturated carbocycles. The second kappa shape index (κ2) is 11.6. The van der Waals surface area contributed by atoms with Crippen LogP contribution in [0.1, 0.15) is 105 Å². The lowest BCUT2D eigenvalue weighted by Crippen LogP contribution is -2.45. The Morgan fingerprint density at radius 2 is 1.12 bits per heavy atom. The summed E-state index contributed by atoms with van der Waals surface area (Å²) in [5.41, 5.74) is 0. The van der Waals surface area contributed by atoms with E-state index in [0.29, 0.717) is 6.42 Å². The molecule has 6 heteroatoms. The van der Waals surface area contributed by atoms with E-state index in [2.05, 4.69) is 6.92 Å². The maximum Gasteiger partial charge on any atom is 0.172 e. The topological polar surface area (TPSA) is 68.3 Å². The lowest BCUT2D eigenvalue weighted by molar-refractivity contribution is 0.527. The number of sulfone groups is 2. The van der Waals surface area contributed by atoms with Gasteiger partial charge in [-0.2, -0.15) is 0 Å². The molecule has 1 atom stereocenters. The molecule has 0 fully saturated rings. The molecule has 0 amide bonds. The molecule has 0 aliphatic heterocycles. The van der Waals surface area contributed by atoms with E-state index in [1.807, 2.05) is 0 Å². The zero-order valence-electron chi connectivity index (χ0n) is 17.0. The van der Waals surface area contributed by atoms with Crippen molar-refractivity contribution in [3.05, 3.63) is 0 Å². The van der Waals surface area contributed by atoms with Gasteiger partial charge in [-0.3, -0.25) is 0 Å². The van der Waals surface area contributed by atoms with Crippen molar-refractivity contribution in [2.24, 2.45) is 0 Å². The Morgan fingerprint density at radius 3 is 1.52 bits per heavy atom. The second-order valence-electron chi connectivity index (χ2n) is 7.63. The van der Waals surface area contributed by atoms with Gasteiger partial charge in [-0.25, -0.2) is 16.8 Å². The predicted molar refractivity (Wildman–Crippen MR) is 108 cm³/mol. The third kappa shape index (κ3) is 7.58. The Labute approximate surface area is 157 Å². The monoisotopic (exact) mass is 396 g/mol. The summed E-state index contributed by atoms with van der Waals surface area (Å²) in [6.45, 7) is 8.03. The number of rotatable bonds is 15. The largest absolute Gasteiger partial charge is 0.227 e. The van der Waals surface area contributed by atoms with Gasteiger partial charge in [0.25, 0.3) is 0 Å². The van der Waals surface area contributed by atoms with Crippen molar-refractivity contribution < 1.29 is 16.8 Å². The van der Waals surface area contributed by atoms with Gasteiger partial charge in [0.15, 0.2) is 23.8 Å².